The molecular weight excluding hydrogens is 263 g/mol. The summed E-state index contributed by atoms with van der Waals surface area (Å²) in [5.74, 6) is 0.506. The maximum absolute atomic E-state index is 14.1. The minimum atomic E-state index is -1.13. The van der Waals surface area contributed by atoms with Gasteiger partial charge in [-0.05, 0) is 27.2 Å². The number of hydrogen-bond donors (Lipinski definition) is 1. The fraction of sp³-hybridized carbons (Fsp3) is 0.929. The second kappa shape index (κ2) is 6.26. The van der Waals surface area contributed by atoms with Crippen LogP contribution in [-0.4, -0.2) is 61.7 Å². The second-order valence-corrected chi connectivity index (χ2v) is 6.63. The van der Waals surface area contributed by atoms with Crippen molar-refractivity contribution < 1.29 is 18.7 Å². The molecule has 0 spiro atoms. The van der Waals surface area contributed by atoms with Gasteiger partial charge in [0, 0.05) is 25.6 Å². The maximum atomic E-state index is 14.1. The van der Waals surface area contributed by atoms with E-state index in [1.54, 1.807) is 20.8 Å². The van der Waals surface area contributed by atoms with Crippen LogP contribution in [0.15, 0.2) is 0 Å². The van der Waals surface area contributed by atoms with Crippen molar-refractivity contribution in [3.63, 3.8) is 0 Å². The van der Waals surface area contributed by atoms with Crippen molar-refractivity contribution in [1.29, 1.82) is 0 Å². The van der Waals surface area contributed by atoms with Gasteiger partial charge in [-0.1, -0.05) is 0 Å². The van der Waals surface area contributed by atoms with Crippen LogP contribution in [0.2, 0.25) is 0 Å². The minimum Gasteiger partial charge on any atom is -0.444 e. The zero-order chi connectivity index (χ0) is 14.8. The van der Waals surface area contributed by atoms with Crippen LogP contribution in [0.5, 0.6) is 0 Å². The summed E-state index contributed by atoms with van der Waals surface area (Å²) in [6, 6.07) is 0. The first-order valence-electron chi connectivity index (χ1n) is 7.29. The number of nitrogens with one attached hydrogen (secondary N) is 1. The lowest BCUT2D eigenvalue weighted by atomic mass is 10.0. The summed E-state index contributed by atoms with van der Waals surface area (Å²) in [5, 5.41) is 3.16. The number of hydrogen-bond acceptors (Lipinski definition) is 4. The summed E-state index contributed by atoms with van der Waals surface area (Å²) >= 11 is 0. The Morgan fingerprint density at radius 1 is 1.40 bits per heavy atom. The van der Waals surface area contributed by atoms with Crippen LogP contribution in [0, 0.1) is 5.92 Å². The van der Waals surface area contributed by atoms with Crippen LogP contribution >= 0.6 is 0 Å². The Morgan fingerprint density at radius 3 is 2.60 bits per heavy atom. The second-order valence-electron chi connectivity index (χ2n) is 6.63. The Balaban J connectivity index is 1.74. The molecule has 0 bridgehead atoms. The van der Waals surface area contributed by atoms with Crippen molar-refractivity contribution in [3.05, 3.63) is 0 Å². The Labute approximate surface area is 119 Å². The molecule has 0 aliphatic carbocycles. The number of likely N-dealkylation sites (tertiary alicyclic amines) is 1. The highest BCUT2D eigenvalue weighted by molar-refractivity contribution is 5.68. The molecule has 116 valence electrons. The zero-order valence-corrected chi connectivity index (χ0v) is 12.5. The zero-order valence-electron chi connectivity index (χ0n) is 12.5. The lowest BCUT2D eigenvalue weighted by Crippen LogP contribution is -2.51. The number of nitrogens with zero attached hydrogens (tertiary/aromatic N) is 1. The molecule has 1 N–H and O–H groups in total. The van der Waals surface area contributed by atoms with E-state index in [0.29, 0.717) is 25.5 Å². The van der Waals surface area contributed by atoms with E-state index in [2.05, 4.69) is 5.32 Å². The molecule has 6 heteroatoms. The average molecular weight is 288 g/mol. The van der Waals surface area contributed by atoms with Gasteiger partial charge < -0.3 is 19.7 Å². The number of ether oxygens (including phenoxy) is 2. The number of carbonyl (C=O) groups excluding carboxylic acids is 1. The van der Waals surface area contributed by atoms with E-state index in [0.717, 1.165) is 13.1 Å². The standard InChI is InChI=1S/C14H25FN2O3/c1-14(2,3)20-13(18)17-5-4-12(11(15)8-17)19-9-10-6-16-7-10/h10-12,16H,4-9H2,1-3H3. The first-order chi connectivity index (χ1) is 9.35. The van der Waals surface area contributed by atoms with Crippen LogP contribution in [0.4, 0.5) is 9.18 Å². The highest BCUT2D eigenvalue weighted by Crippen LogP contribution is 2.21. The molecule has 2 atom stereocenters. The van der Waals surface area contributed by atoms with Gasteiger partial charge in [0.1, 0.15) is 11.8 Å². The molecule has 0 aromatic carbocycles. The molecule has 20 heavy (non-hydrogen) atoms. The van der Waals surface area contributed by atoms with Gasteiger partial charge in [-0.3, -0.25) is 0 Å². The molecule has 0 aromatic rings. The number of carbonyl (C=O) groups is 1. The third-order valence-electron chi connectivity index (χ3n) is 3.55. The predicted octanol–water partition coefficient (Wildman–Crippen LogP) is 1.57. The van der Waals surface area contributed by atoms with E-state index in [1.807, 2.05) is 0 Å². The molecule has 1 amide bonds. The molecule has 2 aliphatic heterocycles. The molecule has 5 nitrogen and oxygen atoms in total. The van der Waals surface area contributed by atoms with Gasteiger partial charge in [0.2, 0.25) is 0 Å². The van der Waals surface area contributed by atoms with E-state index < -0.39 is 24.0 Å². The van der Waals surface area contributed by atoms with Crippen molar-refractivity contribution in [3.8, 4) is 0 Å². The Hall–Kier alpha value is -0.880. The smallest absolute Gasteiger partial charge is 0.410 e. The number of piperidine rings is 1. The highest BCUT2D eigenvalue weighted by atomic mass is 19.1. The fourth-order valence-electron chi connectivity index (χ4n) is 2.29. The summed E-state index contributed by atoms with van der Waals surface area (Å²) in [7, 11) is 0. The van der Waals surface area contributed by atoms with Crippen molar-refractivity contribution in [2.75, 3.05) is 32.8 Å². The maximum Gasteiger partial charge on any atom is 0.410 e. The van der Waals surface area contributed by atoms with Crippen LogP contribution in [-0.2, 0) is 9.47 Å². The third-order valence-corrected chi connectivity index (χ3v) is 3.55. The number of alkyl halides is 1. The molecule has 0 radical (unpaired) electrons. The lowest BCUT2D eigenvalue weighted by molar-refractivity contribution is -0.0647. The predicted molar refractivity (Wildman–Crippen MR) is 73.4 cm³/mol. The van der Waals surface area contributed by atoms with Crippen molar-refractivity contribution in [2.45, 2.75) is 45.1 Å². The number of rotatable bonds is 3. The first-order valence-corrected chi connectivity index (χ1v) is 7.29. The Kier molecular flexibility index (Phi) is 4.86. The van der Waals surface area contributed by atoms with Gasteiger partial charge in [0.25, 0.3) is 0 Å². The van der Waals surface area contributed by atoms with Gasteiger partial charge in [-0.15, -0.1) is 0 Å². The summed E-state index contributed by atoms with van der Waals surface area (Å²) in [5.41, 5.74) is -0.548. The molecule has 2 heterocycles. The lowest BCUT2D eigenvalue weighted by Gasteiger charge is -2.36. The molecule has 2 saturated heterocycles. The Morgan fingerprint density at radius 2 is 2.10 bits per heavy atom. The molecular formula is C14H25FN2O3. The van der Waals surface area contributed by atoms with Crippen molar-refractivity contribution in [1.82, 2.24) is 10.2 Å². The van der Waals surface area contributed by atoms with Crippen LogP contribution in [0.1, 0.15) is 27.2 Å². The SMILES string of the molecule is CC(C)(C)OC(=O)N1CCC(OCC2CNC2)C(F)C1. The Bertz CT molecular complexity index is 342. The third kappa shape index (κ3) is 4.31. The van der Waals surface area contributed by atoms with Crippen LogP contribution in [0.25, 0.3) is 0 Å². The van der Waals surface area contributed by atoms with Gasteiger partial charge >= 0.3 is 6.09 Å². The summed E-state index contributed by atoms with van der Waals surface area (Å²) < 4.78 is 25.0. The quantitative estimate of drug-likeness (QED) is 0.856. The summed E-state index contributed by atoms with van der Waals surface area (Å²) in [6.45, 7) is 8.47. The normalized spacial score (nSPS) is 28.1. The monoisotopic (exact) mass is 288 g/mol. The molecule has 2 aliphatic rings. The fourth-order valence-corrected chi connectivity index (χ4v) is 2.29. The number of amides is 1. The summed E-state index contributed by atoms with van der Waals surface area (Å²) in [4.78, 5) is 13.3. The van der Waals surface area contributed by atoms with Gasteiger partial charge in [-0.2, -0.15) is 0 Å². The molecule has 0 aromatic heterocycles. The van der Waals surface area contributed by atoms with E-state index >= 15 is 0 Å². The molecule has 2 rings (SSSR count). The van der Waals surface area contributed by atoms with E-state index in [9.17, 15) is 9.18 Å². The van der Waals surface area contributed by atoms with Gasteiger partial charge in [-0.25, -0.2) is 9.18 Å². The molecule has 0 saturated carbocycles. The molecule has 2 fully saturated rings. The van der Waals surface area contributed by atoms with E-state index in [1.165, 1.54) is 4.90 Å². The average Bonchev–Trinajstić information content (AvgIpc) is 2.26. The summed E-state index contributed by atoms with van der Waals surface area (Å²) in [6.07, 6.45) is -1.44. The van der Waals surface area contributed by atoms with E-state index in [4.69, 9.17) is 9.47 Å². The van der Waals surface area contributed by atoms with Gasteiger partial charge in [0.05, 0.1) is 19.3 Å². The largest absolute Gasteiger partial charge is 0.444 e. The highest BCUT2D eigenvalue weighted by Gasteiger charge is 2.34. The van der Waals surface area contributed by atoms with Crippen molar-refractivity contribution >= 4 is 6.09 Å². The first kappa shape index (κ1) is 15.5. The van der Waals surface area contributed by atoms with Crippen LogP contribution in [0.3, 0.4) is 0 Å². The van der Waals surface area contributed by atoms with Gasteiger partial charge in [0.15, 0.2) is 0 Å². The van der Waals surface area contributed by atoms with Crippen molar-refractivity contribution in [2.24, 2.45) is 5.92 Å². The molecule has 2 unspecified atom stereocenters. The van der Waals surface area contributed by atoms with E-state index in [-0.39, 0.29) is 6.54 Å². The topological polar surface area (TPSA) is 50.8 Å². The minimum absolute atomic E-state index is 0.0580. The number of halogens is 1. The van der Waals surface area contributed by atoms with Crippen LogP contribution < -0.4 is 5.32 Å².